The molecule has 2 bridgehead atoms. The number of aryl methyl sites for hydroxylation is 1. The van der Waals surface area contributed by atoms with Gasteiger partial charge in [-0.25, -0.2) is 14.4 Å². The van der Waals surface area contributed by atoms with Crippen molar-refractivity contribution in [3.8, 4) is 0 Å². The third-order valence-electron chi connectivity index (χ3n) is 6.31. The van der Waals surface area contributed by atoms with Crippen molar-refractivity contribution in [2.24, 2.45) is 11.7 Å². The first-order valence-corrected chi connectivity index (χ1v) is 11.8. The lowest BCUT2D eigenvalue weighted by atomic mass is 10.0. The number of rotatable bonds is 4. The second kappa shape index (κ2) is 7.01. The molecule has 6 rings (SSSR count). The fourth-order valence-electron chi connectivity index (χ4n) is 4.93. The van der Waals surface area contributed by atoms with Gasteiger partial charge < -0.3 is 20.9 Å². The number of aromatic amines is 1. The van der Waals surface area contributed by atoms with Crippen molar-refractivity contribution in [3.05, 3.63) is 23.0 Å². The minimum Gasteiger partial charge on any atom is -0.386 e. The molecule has 1 aromatic carbocycles. The van der Waals surface area contributed by atoms with Crippen LogP contribution < -0.4 is 16.0 Å². The fraction of sp³-hybridized carbons (Fsp3) is 0.400. The van der Waals surface area contributed by atoms with Gasteiger partial charge in [0.05, 0.1) is 16.6 Å². The molecule has 1 aliphatic carbocycles. The number of benzene rings is 1. The quantitative estimate of drug-likeness (QED) is 0.400. The molecule has 3 atom stereocenters. The van der Waals surface area contributed by atoms with E-state index in [2.05, 4.69) is 25.4 Å². The summed E-state index contributed by atoms with van der Waals surface area (Å²) in [6, 6.07) is 3.64. The van der Waals surface area contributed by atoms with Crippen LogP contribution in [0.4, 0.5) is 15.9 Å². The maximum Gasteiger partial charge on any atom is 0.198 e. The van der Waals surface area contributed by atoms with Crippen molar-refractivity contribution in [1.82, 2.24) is 25.1 Å². The van der Waals surface area contributed by atoms with Gasteiger partial charge in [-0.3, -0.25) is 0 Å². The van der Waals surface area contributed by atoms with Gasteiger partial charge in [0.15, 0.2) is 9.50 Å². The Morgan fingerprint density at radius 3 is 2.84 bits per heavy atom. The van der Waals surface area contributed by atoms with Gasteiger partial charge in [-0.1, -0.05) is 11.3 Å². The van der Waals surface area contributed by atoms with E-state index in [1.54, 1.807) is 13.1 Å². The zero-order valence-corrected chi connectivity index (χ0v) is 18.6. The summed E-state index contributed by atoms with van der Waals surface area (Å²) < 4.78 is 15.2. The van der Waals surface area contributed by atoms with E-state index in [0.29, 0.717) is 28.5 Å². The molecule has 8 nitrogen and oxygen atoms in total. The van der Waals surface area contributed by atoms with Crippen LogP contribution in [-0.4, -0.2) is 50.8 Å². The third kappa shape index (κ3) is 3.06. The normalized spacial score (nSPS) is 22.8. The smallest absolute Gasteiger partial charge is 0.198 e. The average Bonchev–Trinajstić information content (AvgIpc) is 3.50. The Kier molecular flexibility index (Phi) is 4.34. The largest absolute Gasteiger partial charge is 0.386 e. The van der Waals surface area contributed by atoms with Gasteiger partial charge in [-0.05, 0) is 49.6 Å². The number of nitrogens with zero attached hydrogens (tertiary/aromatic N) is 5. The highest BCUT2D eigenvalue weighted by Crippen LogP contribution is 2.44. The van der Waals surface area contributed by atoms with Crippen LogP contribution in [0, 0.1) is 18.7 Å². The van der Waals surface area contributed by atoms with Crippen molar-refractivity contribution in [3.63, 3.8) is 0 Å². The van der Waals surface area contributed by atoms with Gasteiger partial charge in [0, 0.05) is 31.1 Å². The lowest BCUT2D eigenvalue weighted by molar-refractivity contribution is 0.471. The average molecular weight is 457 g/mol. The van der Waals surface area contributed by atoms with Crippen molar-refractivity contribution >= 4 is 56.5 Å². The van der Waals surface area contributed by atoms with Gasteiger partial charge in [-0.15, -0.1) is 10.2 Å². The number of H-pyrrole nitrogens is 1. The molecule has 0 amide bonds. The first-order valence-electron chi connectivity index (χ1n) is 10.2. The SMILES string of the molecule is CNc1cc(F)cc2c1[nH]c1nc(Sc3nnc(C)s3)nc(N3CC4CC3CC4N)c12. The molecular weight excluding hydrogens is 435 g/mol. The van der Waals surface area contributed by atoms with Gasteiger partial charge >= 0.3 is 0 Å². The monoisotopic (exact) mass is 456 g/mol. The van der Waals surface area contributed by atoms with Crippen LogP contribution >= 0.6 is 23.1 Å². The van der Waals surface area contributed by atoms with Crippen molar-refractivity contribution < 1.29 is 4.39 Å². The van der Waals surface area contributed by atoms with Crippen molar-refractivity contribution in [2.45, 2.75) is 41.3 Å². The molecular formula is C20H21FN8S2. The van der Waals surface area contributed by atoms with Crippen LogP contribution in [0.1, 0.15) is 17.8 Å². The summed E-state index contributed by atoms with van der Waals surface area (Å²) in [6.45, 7) is 2.79. The van der Waals surface area contributed by atoms with Crippen LogP contribution in [0.15, 0.2) is 21.6 Å². The summed E-state index contributed by atoms with van der Waals surface area (Å²) in [5.74, 6) is 1.01. The van der Waals surface area contributed by atoms with Gasteiger partial charge in [-0.2, -0.15) is 0 Å². The van der Waals surface area contributed by atoms with Gasteiger partial charge in [0.2, 0.25) is 0 Å². The van der Waals surface area contributed by atoms with Gasteiger partial charge in [0.1, 0.15) is 22.3 Å². The van der Waals surface area contributed by atoms with E-state index in [-0.39, 0.29) is 11.9 Å². The number of nitrogens with one attached hydrogen (secondary N) is 2. The number of hydrogen-bond acceptors (Lipinski definition) is 9. The Hall–Kier alpha value is -2.50. The van der Waals surface area contributed by atoms with Crippen LogP contribution in [-0.2, 0) is 0 Å². The molecule has 3 unspecified atom stereocenters. The zero-order valence-electron chi connectivity index (χ0n) is 17.0. The summed E-state index contributed by atoms with van der Waals surface area (Å²) in [5.41, 5.74) is 8.50. The predicted molar refractivity (Wildman–Crippen MR) is 122 cm³/mol. The van der Waals surface area contributed by atoms with E-state index < -0.39 is 0 Å². The van der Waals surface area contributed by atoms with E-state index in [9.17, 15) is 4.39 Å². The van der Waals surface area contributed by atoms with Gasteiger partial charge in [0.25, 0.3) is 0 Å². The molecule has 0 spiro atoms. The molecule has 3 aromatic heterocycles. The number of halogens is 1. The molecule has 1 saturated heterocycles. The summed E-state index contributed by atoms with van der Waals surface area (Å²) in [4.78, 5) is 15.4. The van der Waals surface area contributed by atoms with E-state index in [1.165, 1.54) is 29.2 Å². The molecule has 2 fully saturated rings. The second-order valence-electron chi connectivity index (χ2n) is 8.19. The first-order chi connectivity index (χ1) is 15.0. The topological polar surface area (TPSA) is 109 Å². The highest BCUT2D eigenvalue weighted by Gasteiger charge is 2.44. The highest BCUT2D eigenvalue weighted by molar-refractivity contribution is 8.00. The molecule has 4 N–H and O–H groups in total. The standard InChI is InChI=1S/C20H21FN8S2/c1-8-27-28-20(30-8)31-19-25-17-15(12-4-10(21)5-14(23-2)16(12)24-17)18(26-19)29-7-9-3-11(29)6-13(9)22/h4-5,9,11,13,23H,3,6-7,22H2,1-2H3,(H,24,25,26). The van der Waals surface area contributed by atoms with E-state index in [0.717, 1.165) is 50.8 Å². The predicted octanol–water partition coefficient (Wildman–Crippen LogP) is 3.53. The molecule has 2 aliphatic rings. The molecule has 1 aliphatic heterocycles. The lowest BCUT2D eigenvalue weighted by Crippen LogP contribution is -2.41. The Morgan fingerprint density at radius 2 is 2.16 bits per heavy atom. The summed E-state index contributed by atoms with van der Waals surface area (Å²) in [5, 5.41) is 14.5. The molecule has 160 valence electrons. The number of piperidine rings is 1. The first kappa shape index (κ1) is 19.2. The molecule has 31 heavy (non-hydrogen) atoms. The van der Waals surface area contributed by atoms with Crippen molar-refractivity contribution in [1.29, 1.82) is 0 Å². The van der Waals surface area contributed by atoms with E-state index >= 15 is 0 Å². The minimum absolute atomic E-state index is 0.244. The van der Waals surface area contributed by atoms with Crippen LogP contribution in [0.2, 0.25) is 0 Å². The van der Waals surface area contributed by atoms with E-state index in [1.807, 2.05) is 6.92 Å². The number of aromatic nitrogens is 5. The Labute approximate surface area is 185 Å². The van der Waals surface area contributed by atoms with Crippen LogP contribution in [0.25, 0.3) is 21.9 Å². The minimum atomic E-state index is -0.295. The molecule has 4 heterocycles. The Balaban J connectivity index is 1.56. The van der Waals surface area contributed by atoms with Crippen molar-refractivity contribution in [2.75, 3.05) is 23.8 Å². The maximum atomic E-state index is 14.4. The fourth-order valence-corrected chi connectivity index (χ4v) is 6.60. The zero-order chi connectivity index (χ0) is 21.3. The summed E-state index contributed by atoms with van der Waals surface area (Å²) in [7, 11) is 1.78. The van der Waals surface area contributed by atoms with Crippen LogP contribution in [0.3, 0.4) is 0 Å². The number of nitrogens with two attached hydrogens (primary N) is 1. The molecule has 0 radical (unpaired) electrons. The maximum absolute atomic E-state index is 14.4. The second-order valence-corrected chi connectivity index (χ2v) is 10.6. The van der Waals surface area contributed by atoms with E-state index in [4.69, 9.17) is 15.7 Å². The van der Waals surface area contributed by atoms with Crippen LogP contribution in [0.5, 0.6) is 0 Å². The number of fused-ring (bicyclic) bond motifs is 5. The molecule has 11 heteroatoms. The molecule has 1 saturated carbocycles. The lowest BCUT2D eigenvalue weighted by Gasteiger charge is -2.31. The third-order valence-corrected chi connectivity index (χ3v) is 8.06. The summed E-state index contributed by atoms with van der Waals surface area (Å²) >= 11 is 2.91. The number of anilines is 2. The highest BCUT2D eigenvalue weighted by atomic mass is 32.2. The molecule has 4 aromatic rings. The Morgan fingerprint density at radius 1 is 1.29 bits per heavy atom. The Bertz CT molecular complexity index is 1320. The number of hydrogen-bond donors (Lipinski definition) is 3. The summed E-state index contributed by atoms with van der Waals surface area (Å²) in [6.07, 6.45) is 2.02.